The average Bonchev–Trinajstić information content (AvgIpc) is 3.17. The van der Waals surface area contributed by atoms with Gasteiger partial charge in [-0.2, -0.15) is 0 Å². The minimum absolute atomic E-state index is 0.117. The number of aryl methyl sites for hydroxylation is 2. The lowest BCUT2D eigenvalue weighted by atomic mass is 10.0. The Labute approximate surface area is 187 Å². The summed E-state index contributed by atoms with van der Waals surface area (Å²) in [5, 5.41) is 15.7. The van der Waals surface area contributed by atoms with Crippen LogP contribution in [-0.4, -0.2) is 70.1 Å². The highest BCUT2D eigenvalue weighted by molar-refractivity contribution is 5.78. The highest BCUT2D eigenvalue weighted by atomic mass is 16.4. The predicted molar refractivity (Wildman–Crippen MR) is 122 cm³/mol. The first kappa shape index (κ1) is 21.9. The molecule has 1 saturated heterocycles. The monoisotopic (exact) mass is 438 g/mol. The third-order valence-corrected chi connectivity index (χ3v) is 6.11. The Morgan fingerprint density at radius 3 is 2.91 bits per heavy atom. The number of aromatic nitrogens is 2. The molecule has 3 N–H and O–H groups in total. The lowest BCUT2D eigenvalue weighted by Gasteiger charge is -2.27. The quantitative estimate of drug-likeness (QED) is 0.552. The number of urea groups is 1. The van der Waals surface area contributed by atoms with Crippen LogP contribution in [-0.2, 0) is 17.6 Å². The minimum Gasteiger partial charge on any atom is -0.481 e. The highest BCUT2D eigenvalue weighted by Gasteiger charge is 2.35. The molecule has 9 heteroatoms. The van der Waals surface area contributed by atoms with Crippen molar-refractivity contribution in [3.05, 3.63) is 47.3 Å². The zero-order chi connectivity index (χ0) is 22.5. The number of carbonyl (C=O) groups is 2. The van der Waals surface area contributed by atoms with Crippen LogP contribution in [0.2, 0.25) is 0 Å². The van der Waals surface area contributed by atoms with Gasteiger partial charge in [-0.05, 0) is 48.9 Å². The number of pyridine rings is 2. The van der Waals surface area contributed by atoms with Gasteiger partial charge in [0.25, 0.3) is 0 Å². The minimum atomic E-state index is -0.939. The smallest absolute Gasteiger partial charge is 0.320 e. The fourth-order valence-corrected chi connectivity index (χ4v) is 4.38. The molecular weight excluding hydrogens is 408 g/mol. The number of fused-ring (bicyclic) bond motifs is 1. The Morgan fingerprint density at radius 2 is 2.16 bits per heavy atom. The largest absolute Gasteiger partial charge is 0.481 e. The molecule has 1 atom stereocenters. The van der Waals surface area contributed by atoms with Gasteiger partial charge in [-0.3, -0.25) is 4.79 Å². The SMILES string of the molecule is CNc1ccc(C(CC(=O)O)N2CCN(CCCc3ccc4c(n3)NCCC4)C2=O)cn1. The molecule has 0 spiro atoms. The average molecular weight is 439 g/mol. The van der Waals surface area contributed by atoms with Crippen LogP contribution in [0.15, 0.2) is 30.5 Å². The summed E-state index contributed by atoms with van der Waals surface area (Å²) in [6, 6.07) is 7.21. The number of anilines is 2. The van der Waals surface area contributed by atoms with Crippen LogP contribution in [0.3, 0.4) is 0 Å². The first-order valence-corrected chi connectivity index (χ1v) is 11.2. The summed E-state index contributed by atoms with van der Waals surface area (Å²) in [7, 11) is 1.77. The van der Waals surface area contributed by atoms with Gasteiger partial charge in [-0.15, -0.1) is 0 Å². The van der Waals surface area contributed by atoms with Gasteiger partial charge in [0.15, 0.2) is 0 Å². The number of hydrogen-bond acceptors (Lipinski definition) is 6. The topological polar surface area (TPSA) is 111 Å². The number of hydrogen-bond donors (Lipinski definition) is 3. The molecule has 0 radical (unpaired) electrons. The Bertz CT molecular complexity index is 965. The Kier molecular flexibility index (Phi) is 6.72. The predicted octanol–water partition coefficient (Wildman–Crippen LogP) is 2.76. The fraction of sp³-hybridized carbons (Fsp3) is 0.478. The van der Waals surface area contributed by atoms with E-state index in [1.165, 1.54) is 5.56 Å². The first-order chi connectivity index (χ1) is 15.5. The van der Waals surface area contributed by atoms with E-state index in [4.69, 9.17) is 4.98 Å². The summed E-state index contributed by atoms with van der Waals surface area (Å²) >= 11 is 0. The number of nitrogens with one attached hydrogen (secondary N) is 2. The molecule has 2 aliphatic heterocycles. The van der Waals surface area contributed by atoms with Crippen molar-refractivity contribution in [2.45, 2.75) is 38.1 Å². The number of amides is 2. The van der Waals surface area contributed by atoms with Crippen LogP contribution in [0.4, 0.5) is 16.4 Å². The van der Waals surface area contributed by atoms with Crippen LogP contribution in [0.25, 0.3) is 0 Å². The van der Waals surface area contributed by atoms with E-state index in [0.717, 1.165) is 49.3 Å². The maximum Gasteiger partial charge on any atom is 0.320 e. The number of nitrogens with zero attached hydrogens (tertiary/aromatic N) is 4. The van der Waals surface area contributed by atoms with Gasteiger partial charge in [0.05, 0.1) is 12.5 Å². The van der Waals surface area contributed by atoms with Gasteiger partial charge in [-0.1, -0.05) is 12.1 Å². The van der Waals surface area contributed by atoms with Gasteiger partial charge in [0.1, 0.15) is 11.6 Å². The van der Waals surface area contributed by atoms with E-state index in [-0.39, 0.29) is 12.5 Å². The molecule has 2 aliphatic rings. The van der Waals surface area contributed by atoms with E-state index in [1.54, 1.807) is 29.1 Å². The van der Waals surface area contributed by atoms with Gasteiger partial charge >= 0.3 is 12.0 Å². The standard InChI is InChI=1S/C23H30N6O3/c1-24-20-9-7-17(15-26-20)19(14-21(30)31)29-13-12-28(23(29)32)11-3-5-18-8-6-16-4-2-10-25-22(16)27-18/h6-9,15,19H,2-5,10-14H2,1H3,(H,24,26)(H,25,27)(H,30,31). The van der Waals surface area contributed by atoms with Crippen molar-refractivity contribution in [3.63, 3.8) is 0 Å². The van der Waals surface area contributed by atoms with Gasteiger partial charge < -0.3 is 25.5 Å². The lowest BCUT2D eigenvalue weighted by Crippen LogP contribution is -2.36. The van der Waals surface area contributed by atoms with E-state index in [2.05, 4.69) is 27.8 Å². The van der Waals surface area contributed by atoms with Crippen molar-refractivity contribution in [2.24, 2.45) is 0 Å². The molecule has 2 aromatic heterocycles. The molecule has 0 aromatic carbocycles. The molecule has 4 heterocycles. The second-order valence-electron chi connectivity index (χ2n) is 8.25. The molecule has 1 unspecified atom stereocenters. The van der Waals surface area contributed by atoms with Crippen LogP contribution >= 0.6 is 0 Å². The molecule has 32 heavy (non-hydrogen) atoms. The number of carbonyl (C=O) groups excluding carboxylic acids is 1. The number of rotatable bonds is 9. The van der Waals surface area contributed by atoms with E-state index >= 15 is 0 Å². The van der Waals surface area contributed by atoms with E-state index in [0.29, 0.717) is 25.5 Å². The summed E-state index contributed by atoms with van der Waals surface area (Å²) in [6.07, 6.45) is 5.32. The van der Waals surface area contributed by atoms with Gasteiger partial charge in [0.2, 0.25) is 0 Å². The first-order valence-electron chi connectivity index (χ1n) is 11.2. The number of aliphatic carboxylic acids is 1. The van der Waals surface area contributed by atoms with E-state index in [9.17, 15) is 14.7 Å². The molecule has 0 saturated carbocycles. The Morgan fingerprint density at radius 1 is 1.28 bits per heavy atom. The summed E-state index contributed by atoms with van der Waals surface area (Å²) in [5.41, 5.74) is 3.03. The molecule has 2 aromatic rings. The van der Waals surface area contributed by atoms with Crippen molar-refractivity contribution in [2.75, 3.05) is 43.9 Å². The van der Waals surface area contributed by atoms with Crippen molar-refractivity contribution in [3.8, 4) is 0 Å². The third kappa shape index (κ3) is 4.92. The van der Waals surface area contributed by atoms with Crippen LogP contribution in [0.1, 0.15) is 42.1 Å². The molecule has 2 amide bonds. The van der Waals surface area contributed by atoms with Crippen LogP contribution in [0.5, 0.6) is 0 Å². The van der Waals surface area contributed by atoms with Gasteiger partial charge in [-0.25, -0.2) is 14.8 Å². The third-order valence-electron chi connectivity index (χ3n) is 6.11. The molecular formula is C23H30N6O3. The molecule has 0 aliphatic carbocycles. The fourth-order valence-electron chi connectivity index (χ4n) is 4.38. The Hall–Kier alpha value is -3.36. The highest BCUT2D eigenvalue weighted by Crippen LogP contribution is 2.29. The zero-order valence-corrected chi connectivity index (χ0v) is 18.4. The van der Waals surface area contributed by atoms with Crippen molar-refractivity contribution in [1.29, 1.82) is 0 Å². The van der Waals surface area contributed by atoms with Crippen molar-refractivity contribution >= 4 is 23.6 Å². The maximum atomic E-state index is 13.1. The molecule has 4 rings (SSSR count). The second kappa shape index (κ2) is 9.84. The Balaban J connectivity index is 1.36. The van der Waals surface area contributed by atoms with Gasteiger partial charge in [0, 0.05) is 45.1 Å². The second-order valence-corrected chi connectivity index (χ2v) is 8.25. The number of carboxylic acid groups (broad SMARTS) is 1. The summed E-state index contributed by atoms with van der Waals surface area (Å²) < 4.78 is 0. The summed E-state index contributed by atoms with van der Waals surface area (Å²) in [6.45, 7) is 2.69. The molecule has 170 valence electrons. The molecule has 1 fully saturated rings. The van der Waals surface area contributed by atoms with E-state index in [1.807, 2.05) is 6.07 Å². The summed E-state index contributed by atoms with van der Waals surface area (Å²) in [4.78, 5) is 37.0. The normalized spacial score (nSPS) is 16.5. The zero-order valence-electron chi connectivity index (χ0n) is 18.4. The van der Waals surface area contributed by atoms with Crippen LogP contribution < -0.4 is 10.6 Å². The van der Waals surface area contributed by atoms with Crippen molar-refractivity contribution < 1.29 is 14.7 Å². The molecule has 9 nitrogen and oxygen atoms in total. The van der Waals surface area contributed by atoms with Crippen molar-refractivity contribution in [1.82, 2.24) is 19.8 Å². The van der Waals surface area contributed by atoms with Crippen LogP contribution in [0, 0.1) is 0 Å². The lowest BCUT2D eigenvalue weighted by molar-refractivity contribution is -0.138. The number of carboxylic acids is 1. The van der Waals surface area contributed by atoms with E-state index < -0.39 is 12.0 Å². The summed E-state index contributed by atoms with van der Waals surface area (Å²) in [5.74, 6) is 0.751. The maximum absolute atomic E-state index is 13.1. The molecule has 0 bridgehead atoms.